The quantitative estimate of drug-likeness (QED) is 0.828. The zero-order valence-corrected chi connectivity index (χ0v) is 11.3. The molecule has 1 heterocycles. The molecule has 2 aromatic carbocycles. The van der Waals surface area contributed by atoms with Gasteiger partial charge < -0.3 is 5.73 Å². The minimum Gasteiger partial charge on any atom is -0.318 e. The minimum absolute atomic E-state index is 0.551. The number of nitrogens with zero attached hydrogens (tertiary/aromatic N) is 1. The molecule has 0 spiro atoms. The predicted octanol–water partition coefficient (Wildman–Crippen LogP) is 1.87. The summed E-state index contributed by atoms with van der Waals surface area (Å²) in [6, 6.07) is 13.0. The van der Waals surface area contributed by atoms with Crippen molar-refractivity contribution >= 4 is 40.6 Å². The van der Waals surface area contributed by atoms with Gasteiger partial charge in [0.05, 0.1) is 11.1 Å². The Hall–Kier alpha value is -1.84. The van der Waals surface area contributed by atoms with Crippen LogP contribution in [0.25, 0.3) is 0 Å². The summed E-state index contributed by atoms with van der Waals surface area (Å²) in [5, 5.41) is 1.10. The summed E-state index contributed by atoms with van der Waals surface area (Å²) < 4.78 is 0. The van der Waals surface area contributed by atoms with Crippen molar-refractivity contribution in [2.75, 3.05) is 0 Å². The Morgan fingerprint density at radius 1 is 0.947 bits per heavy atom. The van der Waals surface area contributed by atoms with Gasteiger partial charge in [-0.2, -0.15) is 0 Å². The van der Waals surface area contributed by atoms with Gasteiger partial charge in [-0.1, -0.05) is 35.3 Å². The van der Waals surface area contributed by atoms with E-state index in [1.807, 2.05) is 24.3 Å². The summed E-state index contributed by atoms with van der Waals surface area (Å²) in [5.41, 5.74) is 8.53. The predicted molar refractivity (Wildman–Crippen MR) is 78.4 cm³/mol. The normalized spacial score (nSPS) is 15.5. The number of hydrogen-bond donors (Lipinski definition) is 2. The number of hydrogen-bond acceptors (Lipinski definition) is 2. The Labute approximate surface area is 120 Å². The van der Waals surface area contributed by atoms with E-state index in [1.54, 1.807) is 18.2 Å². The smallest absolute Gasteiger partial charge is 0.269 e. The number of nitrogen functional groups attached to an aromatic ring is 1. The topological polar surface area (TPSA) is 52.4 Å². The minimum atomic E-state index is 0.551. The third-order valence-electron chi connectivity index (χ3n) is 2.81. The highest BCUT2D eigenvalue weighted by atomic mass is 35.5. The van der Waals surface area contributed by atoms with Gasteiger partial charge in [-0.25, -0.2) is 4.99 Å². The molecule has 0 unspecified atom stereocenters. The van der Waals surface area contributed by atoms with E-state index in [9.17, 15) is 0 Å². The van der Waals surface area contributed by atoms with Crippen molar-refractivity contribution in [3.63, 3.8) is 0 Å². The van der Waals surface area contributed by atoms with Crippen LogP contribution in [0.15, 0.2) is 47.5 Å². The third kappa shape index (κ3) is 2.35. The molecule has 0 fully saturated rings. The number of nitrogens with two attached hydrogens (primary N) is 1. The molecule has 5 heteroatoms. The maximum atomic E-state index is 5.96. The Bertz CT molecular complexity index is 700. The standard InChI is InChI=1S/C14H9Cl2N3/c15-8-5-9(16)7-10(6-8)18-14-12-4-2-1-3-11(12)13(17)19-14/h1-7H,(H2,17,18,19)/p+1. The summed E-state index contributed by atoms with van der Waals surface area (Å²) in [6.07, 6.45) is 0. The van der Waals surface area contributed by atoms with Gasteiger partial charge in [-0.05, 0) is 30.3 Å². The molecule has 0 aromatic heterocycles. The van der Waals surface area contributed by atoms with Crippen LogP contribution in [0.2, 0.25) is 10.0 Å². The van der Waals surface area contributed by atoms with Crippen LogP contribution >= 0.6 is 23.2 Å². The van der Waals surface area contributed by atoms with Crippen molar-refractivity contribution in [1.82, 2.24) is 0 Å². The van der Waals surface area contributed by atoms with Crippen LogP contribution in [0.4, 0.5) is 5.69 Å². The fourth-order valence-corrected chi connectivity index (χ4v) is 2.52. The molecule has 3 rings (SSSR count). The molecule has 0 saturated heterocycles. The molecule has 1 aliphatic rings. The number of fused-ring (bicyclic) bond motifs is 1. The van der Waals surface area contributed by atoms with Crippen LogP contribution in [-0.2, 0) is 0 Å². The van der Waals surface area contributed by atoms with Crippen molar-refractivity contribution in [3.05, 3.63) is 63.6 Å². The maximum absolute atomic E-state index is 5.96. The lowest BCUT2D eigenvalue weighted by atomic mass is 10.1. The summed E-state index contributed by atoms with van der Waals surface area (Å²) in [5.74, 6) is 1.30. The van der Waals surface area contributed by atoms with E-state index in [4.69, 9.17) is 28.9 Å². The molecule has 0 aliphatic carbocycles. The molecular formula is C14H10Cl2N3+. The molecule has 2 aromatic rings. The van der Waals surface area contributed by atoms with E-state index in [0.717, 1.165) is 11.1 Å². The first-order valence-electron chi connectivity index (χ1n) is 5.67. The maximum Gasteiger partial charge on any atom is 0.269 e. The van der Waals surface area contributed by atoms with Crippen molar-refractivity contribution in [1.29, 1.82) is 0 Å². The molecule has 3 N–H and O–H groups in total. The van der Waals surface area contributed by atoms with Gasteiger partial charge in [0.2, 0.25) is 5.84 Å². The lowest BCUT2D eigenvalue weighted by Gasteiger charge is -1.96. The molecule has 0 bridgehead atoms. The number of nitrogens with one attached hydrogen (secondary N) is 1. The average Bonchev–Trinajstić information content (AvgIpc) is 2.66. The molecule has 3 nitrogen and oxygen atoms in total. The molecule has 19 heavy (non-hydrogen) atoms. The van der Waals surface area contributed by atoms with Gasteiger partial charge in [0.25, 0.3) is 5.84 Å². The van der Waals surface area contributed by atoms with Crippen molar-refractivity contribution in [3.8, 4) is 0 Å². The number of aliphatic imine (C=N–C) groups is 1. The molecule has 94 valence electrons. The Kier molecular flexibility index (Phi) is 3.01. The first-order valence-corrected chi connectivity index (χ1v) is 6.43. The van der Waals surface area contributed by atoms with Crippen LogP contribution in [0.3, 0.4) is 0 Å². The third-order valence-corrected chi connectivity index (χ3v) is 3.25. The fraction of sp³-hybridized carbons (Fsp3) is 0. The molecule has 1 aliphatic heterocycles. The van der Waals surface area contributed by atoms with E-state index in [-0.39, 0.29) is 0 Å². The highest BCUT2D eigenvalue weighted by molar-refractivity contribution is 6.35. The number of halogens is 2. The Morgan fingerprint density at radius 2 is 1.58 bits per heavy atom. The monoisotopic (exact) mass is 290 g/mol. The zero-order chi connectivity index (χ0) is 13.4. The highest BCUT2D eigenvalue weighted by Crippen LogP contribution is 2.25. The van der Waals surface area contributed by atoms with Crippen molar-refractivity contribution in [2.45, 2.75) is 0 Å². The first-order chi connectivity index (χ1) is 9.13. The van der Waals surface area contributed by atoms with Gasteiger partial charge in [0.1, 0.15) is 5.69 Å². The Morgan fingerprint density at radius 3 is 2.26 bits per heavy atom. The SMILES string of the molecule is NC1=[NH+]C(=Nc2cc(Cl)cc(Cl)c2)c2ccccc21. The zero-order valence-electron chi connectivity index (χ0n) is 9.82. The molecule has 0 radical (unpaired) electrons. The molecule has 0 saturated carbocycles. The van der Waals surface area contributed by atoms with Crippen molar-refractivity contribution in [2.24, 2.45) is 10.7 Å². The summed E-state index contributed by atoms with van der Waals surface area (Å²) in [4.78, 5) is 7.57. The van der Waals surface area contributed by atoms with Crippen LogP contribution in [-0.4, -0.2) is 11.7 Å². The molecule has 0 amide bonds. The Balaban J connectivity index is 2.11. The number of benzene rings is 2. The van der Waals surface area contributed by atoms with Crippen molar-refractivity contribution < 1.29 is 4.99 Å². The van der Waals surface area contributed by atoms with E-state index in [0.29, 0.717) is 27.4 Å². The average molecular weight is 291 g/mol. The van der Waals surface area contributed by atoms with Crippen LogP contribution in [0.5, 0.6) is 0 Å². The summed E-state index contributed by atoms with van der Waals surface area (Å²) in [7, 11) is 0. The van der Waals surface area contributed by atoms with Crippen LogP contribution < -0.4 is 10.7 Å². The summed E-state index contributed by atoms with van der Waals surface area (Å²) in [6.45, 7) is 0. The number of amidine groups is 2. The lowest BCUT2D eigenvalue weighted by Crippen LogP contribution is -2.76. The molecular weight excluding hydrogens is 281 g/mol. The fourth-order valence-electron chi connectivity index (χ4n) is 2.01. The van der Waals surface area contributed by atoms with Gasteiger partial charge in [-0.15, -0.1) is 4.99 Å². The van der Waals surface area contributed by atoms with Crippen LogP contribution in [0, 0.1) is 0 Å². The van der Waals surface area contributed by atoms with Crippen LogP contribution in [0.1, 0.15) is 11.1 Å². The van der Waals surface area contributed by atoms with E-state index in [2.05, 4.69) is 9.98 Å². The molecule has 0 atom stereocenters. The van der Waals surface area contributed by atoms with Gasteiger partial charge >= 0.3 is 0 Å². The second kappa shape index (κ2) is 4.68. The number of rotatable bonds is 1. The second-order valence-corrected chi connectivity index (χ2v) is 5.05. The largest absolute Gasteiger partial charge is 0.318 e. The van der Waals surface area contributed by atoms with E-state index < -0.39 is 0 Å². The lowest BCUT2D eigenvalue weighted by molar-refractivity contribution is -0.311. The summed E-state index contributed by atoms with van der Waals surface area (Å²) >= 11 is 11.9. The van der Waals surface area contributed by atoms with E-state index in [1.165, 1.54) is 0 Å². The second-order valence-electron chi connectivity index (χ2n) is 4.17. The van der Waals surface area contributed by atoms with Gasteiger partial charge in [-0.3, -0.25) is 0 Å². The van der Waals surface area contributed by atoms with Gasteiger partial charge in [0, 0.05) is 10.0 Å². The first kappa shape index (κ1) is 12.2. The van der Waals surface area contributed by atoms with E-state index >= 15 is 0 Å². The highest BCUT2D eigenvalue weighted by Gasteiger charge is 2.23. The van der Waals surface area contributed by atoms with Gasteiger partial charge in [0.15, 0.2) is 0 Å².